The Morgan fingerprint density at radius 3 is 2.71 bits per heavy atom. The lowest BCUT2D eigenvalue weighted by Gasteiger charge is -2.21. The molecular formula is C14H23NO2. The molecule has 96 valence electrons. The lowest BCUT2D eigenvalue weighted by atomic mass is 10.1. The van der Waals surface area contributed by atoms with Gasteiger partial charge in [0.2, 0.25) is 0 Å². The number of nitrogens with two attached hydrogens (primary N) is 1. The van der Waals surface area contributed by atoms with Crippen molar-refractivity contribution in [3.8, 4) is 5.75 Å². The number of ether oxygens (including phenoxy) is 2. The summed E-state index contributed by atoms with van der Waals surface area (Å²) in [5, 5.41) is 0. The zero-order chi connectivity index (χ0) is 12.7. The van der Waals surface area contributed by atoms with Crippen LogP contribution >= 0.6 is 0 Å². The van der Waals surface area contributed by atoms with E-state index in [0.717, 1.165) is 24.2 Å². The Balaban J connectivity index is 2.71. The van der Waals surface area contributed by atoms with E-state index in [1.54, 1.807) is 7.11 Å². The third kappa shape index (κ3) is 4.36. The molecule has 0 saturated carbocycles. The van der Waals surface area contributed by atoms with Gasteiger partial charge >= 0.3 is 0 Å². The fourth-order valence-corrected chi connectivity index (χ4v) is 1.87. The van der Waals surface area contributed by atoms with Crippen LogP contribution in [0.3, 0.4) is 0 Å². The molecule has 0 radical (unpaired) electrons. The molecule has 17 heavy (non-hydrogen) atoms. The van der Waals surface area contributed by atoms with E-state index < -0.39 is 0 Å². The second-order valence-corrected chi connectivity index (χ2v) is 4.24. The minimum atomic E-state index is -0.0494. The molecular weight excluding hydrogens is 214 g/mol. The summed E-state index contributed by atoms with van der Waals surface area (Å²) < 4.78 is 11.2. The largest absolute Gasteiger partial charge is 0.497 e. The van der Waals surface area contributed by atoms with Gasteiger partial charge in [-0.25, -0.2) is 0 Å². The maximum Gasteiger partial charge on any atom is 0.119 e. The third-order valence-corrected chi connectivity index (χ3v) is 2.77. The molecule has 3 nitrogen and oxygen atoms in total. The Morgan fingerprint density at radius 1 is 1.35 bits per heavy atom. The Morgan fingerprint density at radius 2 is 2.12 bits per heavy atom. The molecule has 1 aromatic carbocycles. The summed E-state index contributed by atoms with van der Waals surface area (Å²) in [5.74, 6) is 0.840. The van der Waals surface area contributed by atoms with Crippen molar-refractivity contribution in [1.29, 1.82) is 0 Å². The van der Waals surface area contributed by atoms with Gasteiger partial charge in [0.05, 0.1) is 19.3 Å². The number of methoxy groups -OCH3 is 1. The van der Waals surface area contributed by atoms with E-state index in [2.05, 4.69) is 13.8 Å². The van der Waals surface area contributed by atoms with Crippen molar-refractivity contribution in [2.75, 3.05) is 13.7 Å². The van der Waals surface area contributed by atoms with Gasteiger partial charge in [-0.2, -0.15) is 0 Å². The van der Waals surface area contributed by atoms with Crippen molar-refractivity contribution in [1.82, 2.24) is 0 Å². The van der Waals surface area contributed by atoms with Crippen LogP contribution in [-0.4, -0.2) is 19.8 Å². The van der Waals surface area contributed by atoms with Crippen molar-refractivity contribution < 1.29 is 9.47 Å². The average molecular weight is 237 g/mol. The summed E-state index contributed by atoms with van der Waals surface area (Å²) in [5.41, 5.74) is 6.85. The van der Waals surface area contributed by atoms with Crippen molar-refractivity contribution in [3.63, 3.8) is 0 Å². The second kappa shape index (κ2) is 7.30. The van der Waals surface area contributed by atoms with Gasteiger partial charge < -0.3 is 15.2 Å². The van der Waals surface area contributed by atoms with Crippen molar-refractivity contribution in [3.05, 3.63) is 29.8 Å². The van der Waals surface area contributed by atoms with Gasteiger partial charge in [0.25, 0.3) is 0 Å². The lowest BCUT2D eigenvalue weighted by molar-refractivity contribution is -0.00292. The topological polar surface area (TPSA) is 44.5 Å². The molecule has 1 aromatic rings. The Hall–Kier alpha value is -1.06. The van der Waals surface area contributed by atoms with Crippen molar-refractivity contribution >= 4 is 0 Å². The van der Waals surface area contributed by atoms with Gasteiger partial charge in [-0.15, -0.1) is 0 Å². The number of hydrogen-bond acceptors (Lipinski definition) is 3. The Kier molecular flexibility index (Phi) is 6.01. The highest BCUT2D eigenvalue weighted by Crippen LogP contribution is 2.23. The summed E-state index contributed by atoms with van der Waals surface area (Å²) in [4.78, 5) is 0. The molecule has 3 heteroatoms. The number of rotatable bonds is 7. The zero-order valence-corrected chi connectivity index (χ0v) is 11.0. The van der Waals surface area contributed by atoms with Crippen molar-refractivity contribution in [2.24, 2.45) is 5.73 Å². The van der Waals surface area contributed by atoms with E-state index in [-0.39, 0.29) is 12.2 Å². The van der Waals surface area contributed by atoms with E-state index in [9.17, 15) is 0 Å². The van der Waals surface area contributed by atoms with E-state index in [0.29, 0.717) is 6.54 Å². The van der Waals surface area contributed by atoms with Crippen LogP contribution in [-0.2, 0) is 4.74 Å². The Labute approximate surface area is 104 Å². The smallest absolute Gasteiger partial charge is 0.119 e. The van der Waals surface area contributed by atoms with Crippen LogP contribution in [0.4, 0.5) is 0 Å². The number of benzene rings is 1. The van der Waals surface area contributed by atoms with Crippen molar-refractivity contribution in [2.45, 2.75) is 38.9 Å². The Bertz CT molecular complexity index is 328. The molecule has 0 aliphatic rings. The van der Waals surface area contributed by atoms with Crippen LogP contribution in [0.1, 0.15) is 38.4 Å². The van der Waals surface area contributed by atoms with E-state index in [4.69, 9.17) is 15.2 Å². The summed E-state index contributed by atoms with van der Waals surface area (Å²) in [7, 11) is 1.66. The molecule has 1 rings (SSSR count). The monoisotopic (exact) mass is 237 g/mol. The molecule has 0 amide bonds. The molecule has 0 fully saturated rings. The first-order valence-corrected chi connectivity index (χ1v) is 6.20. The molecule has 2 atom stereocenters. The summed E-state index contributed by atoms with van der Waals surface area (Å²) in [6.45, 7) is 4.73. The van der Waals surface area contributed by atoms with Crippen LogP contribution in [0.2, 0.25) is 0 Å². The molecule has 2 N–H and O–H groups in total. The highest BCUT2D eigenvalue weighted by molar-refractivity contribution is 5.30. The van der Waals surface area contributed by atoms with Gasteiger partial charge in [0.1, 0.15) is 5.75 Å². The molecule has 0 aliphatic heterocycles. The van der Waals surface area contributed by atoms with Crippen LogP contribution in [0, 0.1) is 0 Å². The normalized spacial score (nSPS) is 14.4. The maximum atomic E-state index is 5.95. The minimum absolute atomic E-state index is 0.0494. The first-order valence-electron chi connectivity index (χ1n) is 6.20. The molecule has 0 aliphatic carbocycles. The standard InChI is InChI=1S/C14H23NO2/c1-4-6-11(2)17-14(10-15)12-7-5-8-13(9-12)16-3/h5,7-9,11,14H,4,6,10,15H2,1-3H3. The van der Waals surface area contributed by atoms with E-state index >= 15 is 0 Å². The summed E-state index contributed by atoms with van der Waals surface area (Å²) in [6, 6.07) is 7.89. The predicted molar refractivity (Wildman–Crippen MR) is 70.2 cm³/mol. The highest BCUT2D eigenvalue weighted by Gasteiger charge is 2.14. The van der Waals surface area contributed by atoms with Crippen LogP contribution < -0.4 is 10.5 Å². The minimum Gasteiger partial charge on any atom is -0.497 e. The molecule has 0 bridgehead atoms. The summed E-state index contributed by atoms with van der Waals surface area (Å²) >= 11 is 0. The predicted octanol–water partition coefficient (Wildman–Crippen LogP) is 2.90. The van der Waals surface area contributed by atoms with E-state index in [1.807, 2.05) is 24.3 Å². The van der Waals surface area contributed by atoms with Crippen LogP contribution in [0.15, 0.2) is 24.3 Å². The first-order chi connectivity index (χ1) is 8.21. The molecule has 0 aromatic heterocycles. The van der Waals surface area contributed by atoms with Gasteiger partial charge in [-0.3, -0.25) is 0 Å². The lowest BCUT2D eigenvalue weighted by Crippen LogP contribution is -2.20. The third-order valence-electron chi connectivity index (χ3n) is 2.77. The molecule has 0 saturated heterocycles. The van der Waals surface area contributed by atoms with Gasteiger partial charge in [0, 0.05) is 6.54 Å². The summed E-state index contributed by atoms with van der Waals surface area (Å²) in [6.07, 6.45) is 2.36. The van der Waals surface area contributed by atoms with Gasteiger partial charge in [0.15, 0.2) is 0 Å². The quantitative estimate of drug-likeness (QED) is 0.793. The van der Waals surface area contributed by atoms with Crippen LogP contribution in [0.5, 0.6) is 5.75 Å². The van der Waals surface area contributed by atoms with Gasteiger partial charge in [-0.1, -0.05) is 25.5 Å². The maximum absolute atomic E-state index is 5.95. The zero-order valence-electron chi connectivity index (χ0n) is 11.0. The van der Waals surface area contributed by atoms with Gasteiger partial charge in [-0.05, 0) is 31.0 Å². The SMILES string of the molecule is CCCC(C)OC(CN)c1cccc(OC)c1. The fourth-order valence-electron chi connectivity index (χ4n) is 1.87. The first kappa shape index (κ1) is 14.0. The fraction of sp³-hybridized carbons (Fsp3) is 0.571. The highest BCUT2D eigenvalue weighted by atomic mass is 16.5. The second-order valence-electron chi connectivity index (χ2n) is 4.24. The van der Waals surface area contributed by atoms with E-state index in [1.165, 1.54) is 0 Å². The molecule has 2 unspecified atom stereocenters. The average Bonchev–Trinajstić information content (AvgIpc) is 2.36. The van der Waals surface area contributed by atoms with Crippen LogP contribution in [0.25, 0.3) is 0 Å². The molecule has 0 spiro atoms. The number of hydrogen-bond donors (Lipinski definition) is 1. The molecule has 0 heterocycles.